The maximum absolute atomic E-state index is 13.0. The lowest BCUT2D eigenvalue weighted by Crippen LogP contribution is -2.27. The number of rotatable bonds is 4. The number of amides is 1. The van der Waals surface area contributed by atoms with Crippen LogP contribution in [0.25, 0.3) is 22.3 Å². The van der Waals surface area contributed by atoms with Gasteiger partial charge in [0.15, 0.2) is 10.8 Å². The molecule has 0 unspecified atom stereocenters. The molecule has 1 aliphatic heterocycles. The van der Waals surface area contributed by atoms with E-state index < -0.39 is 0 Å². The van der Waals surface area contributed by atoms with Gasteiger partial charge in [0.05, 0.1) is 35.6 Å². The summed E-state index contributed by atoms with van der Waals surface area (Å²) in [5.74, 6) is 1.45. The van der Waals surface area contributed by atoms with Crippen molar-refractivity contribution < 1.29 is 9.21 Å². The van der Waals surface area contributed by atoms with Gasteiger partial charge in [0.25, 0.3) is 5.91 Å². The van der Waals surface area contributed by atoms with Crippen LogP contribution in [-0.4, -0.2) is 38.1 Å². The van der Waals surface area contributed by atoms with E-state index in [-0.39, 0.29) is 5.91 Å². The van der Waals surface area contributed by atoms with Crippen molar-refractivity contribution in [3.63, 3.8) is 0 Å². The zero-order valence-corrected chi connectivity index (χ0v) is 16.2. The van der Waals surface area contributed by atoms with Crippen LogP contribution in [0.5, 0.6) is 0 Å². The molecule has 4 aromatic rings. The number of aromatic nitrogens is 3. The van der Waals surface area contributed by atoms with Crippen LogP contribution < -0.4 is 5.32 Å². The Hall–Kier alpha value is -3.39. The molecular formula is C21H17N5O2S. The molecule has 0 aliphatic carbocycles. The molecule has 1 amide bonds. The highest BCUT2D eigenvalue weighted by atomic mass is 32.2. The number of furan rings is 1. The average molecular weight is 403 g/mol. The molecular weight excluding hydrogens is 386 g/mol. The molecule has 7 nitrogen and oxygen atoms in total. The van der Waals surface area contributed by atoms with Gasteiger partial charge in [0.2, 0.25) is 0 Å². The number of nitrogens with zero attached hydrogens (tertiary/aromatic N) is 4. The molecule has 0 saturated carbocycles. The normalized spacial score (nSPS) is 13.6. The van der Waals surface area contributed by atoms with Crippen LogP contribution in [0.4, 0.5) is 0 Å². The van der Waals surface area contributed by atoms with Crippen LogP contribution in [0.3, 0.4) is 0 Å². The maximum atomic E-state index is 13.0. The Balaban J connectivity index is 1.62. The fourth-order valence-corrected chi connectivity index (χ4v) is 3.96. The Labute approximate surface area is 170 Å². The molecule has 1 aliphatic rings. The molecule has 0 saturated heterocycles. The number of carbonyl (C=O) groups excluding carboxylic acids is 1. The van der Waals surface area contributed by atoms with E-state index in [2.05, 4.69) is 15.4 Å². The molecule has 8 heteroatoms. The summed E-state index contributed by atoms with van der Waals surface area (Å²) >= 11 is 1.55. The Bertz CT molecular complexity index is 1200. The SMILES string of the molecule is O=C(NC1=NCCS1)c1cc(-c2ccccc2)nc2c1cnn2Cc1ccco1. The van der Waals surface area contributed by atoms with Gasteiger partial charge in [0.1, 0.15) is 12.3 Å². The summed E-state index contributed by atoms with van der Waals surface area (Å²) in [4.78, 5) is 22.2. The van der Waals surface area contributed by atoms with Crippen molar-refractivity contribution in [3.05, 3.63) is 72.3 Å². The van der Waals surface area contributed by atoms with E-state index in [9.17, 15) is 4.79 Å². The van der Waals surface area contributed by atoms with Crippen LogP contribution in [0.1, 0.15) is 16.1 Å². The van der Waals surface area contributed by atoms with E-state index in [0.29, 0.717) is 34.0 Å². The predicted octanol–water partition coefficient (Wildman–Crippen LogP) is 3.57. The summed E-state index contributed by atoms with van der Waals surface area (Å²) < 4.78 is 7.20. The van der Waals surface area contributed by atoms with Gasteiger partial charge in [-0.2, -0.15) is 5.10 Å². The van der Waals surface area contributed by atoms with Crippen molar-refractivity contribution in [2.75, 3.05) is 12.3 Å². The number of thioether (sulfide) groups is 1. The fraction of sp³-hybridized carbons (Fsp3) is 0.143. The van der Waals surface area contributed by atoms with Crippen LogP contribution >= 0.6 is 11.8 Å². The van der Waals surface area contributed by atoms with E-state index in [4.69, 9.17) is 9.40 Å². The van der Waals surface area contributed by atoms with Gasteiger partial charge in [-0.25, -0.2) is 9.67 Å². The van der Waals surface area contributed by atoms with E-state index in [1.165, 1.54) is 0 Å². The largest absolute Gasteiger partial charge is 0.467 e. The average Bonchev–Trinajstić information content (AvgIpc) is 3.51. The van der Waals surface area contributed by atoms with Crippen molar-refractivity contribution in [1.82, 2.24) is 20.1 Å². The number of benzene rings is 1. The first-order valence-electron chi connectivity index (χ1n) is 9.21. The third kappa shape index (κ3) is 3.54. The number of hydrogen-bond donors (Lipinski definition) is 1. The van der Waals surface area contributed by atoms with Gasteiger partial charge in [-0.05, 0) is 18.2 Å². The molecule has 0 radical (unpaired) electrons. The third-order valence-electron chi connectivity index (χ3n) is 4.62. The van der Waals surface area contributed by atoms with Crippen LogP contribution in [0.15, 0.2) is 70.4 Å². The topological polar surface area (TPSA) is 85.3 Å². The summed E-state index contributed by atoms with van der Waals surface area (Å²) in [6.45, 7) is 1.16. The van der Waals surface area contributed by atoms with Crippen molar-refractivity contribution in [3.8, 4) is 11.3 Å². The van der Waals surface area contributed by atoms with Crippen molar-refractivity contribution >= 4 is 33.9 Å². The number of nitrogens with one attached hydrogen (secondary N) is 1. The Morgan fingerprint density at radius 2 is 2.10 bits per heavy atom. The van der Waals surface area contributed by atoms with Gasteiger partial charge in [-0.1, -0.05) is 42.1 Å². The number of aliphatic imine (C=N–C) groups is 1. The van der Waals surface area contributed by atoms with Crippen molar-refractivity contribution in [1.29, 1.82) is 0 Å². The number of carbonyl (C=O) groups is 1. The monoisotopic (exact) mass is 403 g/mol. The second-order valence-corrected chi connectivity index (χ2v) is 7.61. The van der Waals surface area contributed by atoms with Gasteiger partial charge in [-0.3, -0.25) is 9.79 Å². The zero-order valence-electron chi connectivity index (χ0n) is 15.4. The molecule has 0 fully saturated rings. The Kier molecular flexibility index (Phi) is 4.61. The molecule has 4 heterocycles. The van der Waals surface area contributed by atoms with Crippen molar-refractivity contribution in [2.24, 2.45) is 4.99 Å². The smallest absolute Gasteiger partial charge is 0.258 e. The molecule has 0 atom stereocenters. The van der Waals surface area contributed by atoms with Crippen LogP contribution in [0, 0.1) is 0 Å². The summed E-state index contributed by atoms with van der Waals surface area (Å²) in [5.41, 5.74) is 2.80. The lowest BCUT2D eigenvalue weighted by Gasteiger charge is -2.09. The number of hydrogen-bond acceptors (Lipinski definition) is 6. The number of amidine groups is 1. The Morgan fingerprint density at radius 3 is 2.86 bits per heavy atom. The maximum Gasteiger partial charge on any atom is 0.258 e. The molecule has 0 spiro atoms. The molecule has 5 rings (SSSR count). The minimum Gasteiger partial charge on any atom is -0.467 e. The van der Waals surface area contributed by atoms with Gasteiger partial charge >= 0.3 is 0 Å². The quantitative estimate of drug-likeness (QED) is 0.563. The summed E-state index contributed by atoms with van der Waals surface area (Å²) in [6.07, 6.45) is 3.31. The lowest BCUT2D eigenvalue weighted by molar-refractivity contribution is 0.0979. The van der Waals surface area contributed by atoms with E-state index in [1.807, 2.05) is 48.5 Å². The van der Waals surface area contributed by atoms with E-state index in [0.717, 1.165) is 23.6 Å². The summed E-state index contributed by atoms with van der Waals surface area (Å²) in [5, 5.41) is 8.72. The second-order valence-electron chi connectivity index (χ2n) is 6.53. The lowest BCUT2D eigenvalue weighted by atomic mass is 10.1. The van der Waals surface area contributed by atoms with E-state index >= 15 is 0 Å². The highest BCUT2D eigenvalue weighted by molar-refractivity contribution is 8.14. The minimum atomic E-state index is -0.208. The van der Waals surface area contributed by atoms with Gasteiger partial charge in [0, 0.05) is 11.3 Å². The molecule has 0 bridgehead atoms. The van der Waals surface area contributed by atoms with Gasteiger partial charge < -0.3 is 9.73 Å². The van der Waals surface area contributed by atoms with Crippen molar-refractivity contribution in [2.45, 2.75) is 6.54 Å². The Morgan fingerprint density at radius 1 is 1.21 bits per heavy atom. The molecule has 1 N–H and O–H groups in total. The fourth-order valence-electron chi connectivity index (χ4n) is 3.23. The van der Waals surface area contributed by atoms with Crippen LogP contribution in [0.2, 0.25) is 0 Å². The van der Waals surface area contributed by atoms with Crippen LogP contribution in [-0.2, 0) is 6.54 Å². The zero-order chi connectivity index (χ0) is 19.6. The van der Waals surface area contributed by atoms with E-state index in [1.54, 1.807) is 28.9 Å². The van der Waals surface area contributed by atoms with Gasteiger partial charge in [-0.15, -0.1) is 0 Å². The third-order valence-corrected chi connectivity index (χ3v) is 5.51. The highest BCUT2D eigenvalue weighted by Crippen LogP contribution is 2.26. The standard InChI is InChI=1S/C21H17N5O2S/c27-20(25-21-22-8-10-29-21)16-11-18(14-5-2-1-3-6-14)24-19-17(16)12-23-26(19)13-15-7-4-9-28-15/h1-7,9,11-12H,8,10,13H2,(H,22,25,27). The number of fused-ring (bicyclic) bond motifs is 1. The first kappa shape index (κ1) is 17.7. The molecule has 144 valence electrons. The summed E-state index contributed by atoms with van der Waals surface area (Å²) in [6, 6.07) is 15.3. The molecule has 1 aromatic carbocycles. The minimum absolute atomic E-state index is 0.208. The molecule has 29 heavy (non-hydrogen) atoms. The first-order valence-corrected chi connectivity index (χ1v) is 10.2. The number of pyridine rings is 1. The summed E-state index contributed by atoms with van der Waals surface area (Å²) in [7, 11) is 0. The molecule has 3 aromatic heterocycles. The highest BCUT2D eigenvalue weighted by Gasteiger charge is 2.20. The first-order chi connectivity index (χ1) is 14.3. The predicted molar refractivity (Wildman–Crippen MR) is 113 cm³/mol. The second kappa shape index (κ2) is 7.56.